The zero-order valence-electron chi connectivity index (χ0n) is 14.6. The SMILES string of the molecule is C/C=C\C=C/CCn1c(C)cc(OCc2ccc(F)cc2F)c(Br)c1=O. The van der Waals surface area contributed by atoms with Gasteiger partial charge in [-0.15, -0.1) is 0 Å². The fourth-order valence-electron chi connectivity index (χ4n) is 2.38. The Morgan fingerprint density at radius 1 is 1.23 bits per heavy atom. The first-order valence-corrected chi connectivity index (χ1v) is 8.97. The van der Waals surface area contributed by atoms with Gasteiger partial charge in [-0.3, -0.25) is 4.79 Å². The van der Waals surface area contributed by atoms with Crippen LogP contribution in [0, 0.1) is 18.6 Å². The smallest absolute Gasteiger partial charge is 0.268 e. The molecule has 0 aliphatic carbocycles. The minimum atomic E-state index is -0.681. The number of benzene rings is 1. The summed E-state index contributed by atoms with van der Waals surface area (Å²) < 4.78 is 34.2. The highest BCUT2D eigenvalue weighted by Crippen LogP contribution is 2.24. The predicted molar refractivity (Wildman–Crippen MR) is 102 cm³/mol. The second-order valence-electron chi connectivity index (χ2n) is 5.69. The summed E-state index contributed by atoms with van der Waals surface area (Å²) in [7, 11) is 0. The van der Waals surface area contributed by atoms with Crippen molar-refractivity contribution < 1.29 is 13.5 Å². The Hall–Kier alpha value is -2.21. The third-order valence-electron chi connectivity index (χ3n) is 3.77. The maximum atomic E-state index is 13.7. The predicted octanol–water partition coefficient (Wildman–Crippen LogP) is 5.30. The summed E-state index contributed by atoms with van der Waals surface area (Å²) in [5, 5.41) is 0. The molecule has 0 spiro atoms. The largest absolute Gasteiger partial charge is 0.487 e. The number of allylic oxidation sites excluding steroid dienone is 4. The lowest BCUT2D eigenvalue weighted by Gasteiger charge is -2.14. The average Bonchev–Trinajstić information content (AvgIpc) is 2.60. The summed E-state index contributed by atoms with van der Waals surface area (Å²) in [5.74, 6) is -0.995. The van der Waals surface area contributed by atoms with E-state index < -0.39 is 11.6 Å². The van der Waals surface area contributed by atoms with Crippen LogP contribution >= 0.6 is 15.9 Å². The number of pyridine rings is 1. The Labute approximate surface area is 159 Å². The quantitative estimate of drug-likeness (QED) is 0.565. The minimum Gasteiger partial charge on any atom is -0.487 e. The monoisotopic (exact) mass is 423 g/mol. The fourth-order valence-corrected chi connectivity index (χ4v) is 2.82. The lowest BCUT2D eigenvalue weighted by molar-refractivity contribution is 0.295. The van der Waals surface area contributed by atoms with Crippen LogP contribution in [-0.4, -0.2) is 4.57 Å². The van der Waals surface area contributed by atoms with E-state index in [-0.39, 0.29) is 22.2 Å². The van der Waals surface area contributed by atoms with Crippen molar-refractivity contribution in [3.05, 3.63) is 86.3 Å². The number of nitrogens with zero attached hydrogens (tertiary/aromatic N) is 1. The lowest BCUT2D eigenvalue weighted by atomic mass is 10.2. The van der Waals surface area contributed by atoms with Crippen molar-refractivity contribution in [1.82, 2.24) is 4.57 Å². The van der Waals surface area contributed by atoms with Gasteiger partial charge in [-0.1, -0.05) is 24.3 Å². The molecule has 138 valence electrons. The molecule has 3 nitrogen and oxygen atoms in total. The van der Waals surface area contributed by atoms with E-state index in [9.17, 15) is 13.6 Å². The molecule has 0 radical (unpaired) electrons. The van der Waals surface area contributed by atoms with Crippen LogP contribution < -0.4 is 10.3 Å². The van der Waals surface area contributed by atoms with Crippen LogP contribution in [-0.2, 0) is 13.2 Å². The van der Waals surface area contributed by atoms with Crippen LogP contribution in [0.2, 0.25) is 0 Å². The summed E-state index contributed by atoms with van der Waals surface area (Å²) in [6, 6.07) is 5.02. The number of hydrogen-bond donors (Lipinski definition) is 0. The van der Waals surface area contributed by atoms with Gasteiger partial charge in [-0.25, -0.2) is 8.78 Å². The van der Waals surface area contributed by atoms with Crippen LogP contribution in [0.1, 0.15) is 24.6 Å². The molecule has 6 heteroatoms. The molecule has 0 amide bonds. The van der Waals surface area contributed by atoms with Crippen molar-refractivity contribution in [3.63, 3.8) is 0 Å². The van der Waals surface area contributed by atoms with E-state index in [1.807, 2.05) is 38.2 Å². The Morgan fingerprint density at radius 2 is 2.00 bits per heavy atom. The number of ether oxygens (including phenoxy) is 1. The van der Waals surface area contributed by atoms with Crippen molar-refractivity contribution >= 4 is 15.9 Å². The molecule has 0 unspecified atom stereocenters. The molecule has 0 saturated heterocycles. The van der Waals surface area contributed by atoms with Crippen molar-refractivity contribution in [2.24, 2.45) is 0 Å². The molecule has 0 saturated carbocycles. The molecule has 1 aromatic carbocycles. The first kappa shape index (κ1) is 20.1. The Balaban J connectivity index is 2.14. The van der Waals surface area contributed by atoms with Crippen molar-refractivity contribution in [1.29, 1.82) is 0 Å². The van der Waals surface area contributed by atoms with Gasteiger partial charge in [0.15, 0.2) is 0 Å². The van der Waals surface area contributed by atoms with Crippen molar-refractivity contribution in [2.75, 3.05) is 0 Å². The zero-order valence-corrected chi connectivity index (χ0v) is 16.2. The number of aromatic nitrogens is 1. The van der Waals surface area contributed by atoms with Crippen LogP contribution in [0.3, 0.4) is 0 Å². The number of aryl methyl sites for hydroxylation is 1. The van der Waals surface area contributed by atoms with E-state index in [0.717, 1.165) is 18.2 Å². The Morgan fingerprint density at radius 3 is 2.69 bits per heavy atom. The van der Waals surface area contributed by atoms with Gasteiger partial charge in [0.2, 0.25) is 0 Å². The van der Waals surface area contributed by atoms with Gasteiger partial charge in [0.25, 0.3) is 5.56 Å². The molecular weight excluding hydrogens is 404 g/mol. The molecule has 1 aromatic heterocycles. The second kappa shape index (κ2) is 9.48. The molecule has 1 heterocycles. The molecule has 0 aliphatic heterocycles. The van der Waals surface area contributed by atoms with E-state index in [1.165, 1.54) is 12.1 Å². The molecule has 0 N–H and O–H groups in total. The van der Waals surface area contributed by atoms with Gasteiger partial charge >= 0.3 is 0 Å². The van der Waals surface area contributed by atoms with Gasteiger partial charge in [0.1, 0.15) is 28.5 Å². The third kappa shape index (κ3) is 5.14. The topological polar surface area (TPSA) is 31.2 Å². The van der Waals surface area contributed by atoms with Gasteiger partial charge < -0.3 is 9.30 Å². The molecule has 0 bridgehead atoms. The highest BCUT2D eigenvalue weighted by atomic mass is 79.9. The maximum absolute atomic E-state index is 13.7. The second-order valence-corrected chi connectivity index (χ2v) is 6.48. The molecule has 0 fully saturated rings. The summed E-state index contributed by atoms with van der Waals surface area (Å²) in [4.78, 5) is 12.5. The third-order valence-corrected chi connectivity index (χ3v) is 4.50. The molecule has 2 rings (SSSR count). The maximum Gasteiger partial charge on any atom is 0.268 e. The summed E-state index contributed by atoms with van der Waals surface area (Å²) in [6.45, 7) is 4.20. The summed E-state index contributed by atoms with van der Waals surface area (Å²) in [5.41, 5.74) is 0.750. The molecule has 0 atom stereocenters. The van der Waals surface area contributed by atoms with Gasteiger partial charge in [0, 0.05) is 29.9 Å². The zero-order chi connectivity index (χ0) is 19.1. The summed E-state index contributed by atoms with van der Waals surface area (Å²) in [6.07, 6.45) is 8.50. The van der Waals surface area contributed by atoms with Gasteiger partial charge in [0.05, 0.1) is 0 Å². The Bertz CT molecular complexity index is 888. The highest BCUT2D eigenvalue weighted by molar-refractivity contribution is 9.10. The average molecular weight is 424 g/mol. The van der Waals surface area contributed by atoms with Crippen LogP contribution in [0.25, 0.3) is 0 Å². The van der Waals surface area contributed by atoms with Crippen LogP contribution in [0.4, 0.5) is 8.78 Å². The van der Waals surface area contributed by atoms with E-state index in [2.05, 4.69) is 15.9 Å². The van der Waals surface area contributed by atoms with Gasteiger partial charge in [-0.05, 0) is 48.3 Å². The molecule has 26 heavy (non-hydrogen) atoms. The summed E-state index contributed by atoms with van der Waals surface area (Å²) >= 11 is 3.26. The first-order valence-electron chi connectivity index (χ1n) is 8.18. The Kier molecular flexibility index (Phi) is 7.33. The van der Waals surface area contributed by atoms with Crippen LogP contribution in [0.5, 0.6) is 5.75 Å². The molecular formula is C20H20BrF2NO2. The molecule has 2 aromatic rings. The first-order chi connectivity index (χ1) is 12.4. The number of hydrogen-bond acceptors (Lipinski definition) is 2. The van der Waals surface area contributed by atoms with E-state index in [0.29, 0.717) is 12.3 Å². The van der Waals surface area contributed by atoms with E-state index >= 15 is 0 Å². The van der Waals surface area contributed by atoms with Crippen molar-refractivity contribution in [3.8, 4) is 5.75 Å². The van der Waals surface area contributed by atoms with Crippen molar-refractivity contribution in [2.45, 2.75) is 33.4 Å². The normalized spacial score (nSPS) is 11.6. The number of rotatable bonds is 7. The number of halogens is 3. The van der Waals surface area contributed by atoms with E-state index in [1.54, 1.807) is 10.6 Å². The minimum absolute atomic E-state index is 0.0975. The highest BCUT2D eigenvalue weighted by Gasteiger charge is 2.13. The van der Waals surface area contributed by atoms with Gasteiger partial charge in [-0.2, -0.15) is 0 Å². The standard InChI is InChI=1S/C20H20BrF2NO2/c1-3-4-5-6-7-10-24-14(2)11-18(19(21)20(24)25)26-13-15-8-9-16(22)12-17(15)23/h3-6,8-9,11-12H,7,10,13H2,1-2H3/b4-3-,6-5-. The lowest BCUT2D eigenvalue weighted by Crippen LogP contribution is -2.23. The fraction of sp³-hybridized carbons (Fsp3) is 0.250. The molecule has 0 aliphatic rings. The van der Waals surface area contributed by atoms with E-state index in [4.69, 9.17) is 4.74 Å². The van der Waals surface area contributed by atoms with Crippen LogP contribution in [0.15, 0.2) is 57.8 Å².